The first-order chi connectivity index (χ1) is 11.7. The Hall–Kier alpha value is -3.18. The van der Waals surface area contributed by atoms with Crippen LogP contribution in [0.25, 0.3) is 33.2 Å². The standard InChI is InChI=1S/C19H14N2O3/c22-10-17(24)12-5-7-14-15(9-12)21-19(20-14)18-13-4-2-1-3-11(13)6-8-16(18)23/h1-9,22-23H,10H2,(H,20,21). The van der Waals surface area contributed by atoms with Crippen molar-refractivity contribution in [3.63, 3.8) is 0 Å². The molecule has 0 unspecified atom stereocenters. The molecule has 4 rings (SSSR count). The molecule has 3 N–H and O–H groups in total. The van der Waals surface area contributed by atoms with Crippen molar-refractivity contribution in [2.24, 2.45) is 0 Å². The zero-order valence-electron chi connectivity index (χ0n) is 12.7. The number of hydrogen-bond donors (Lipinski definition) is 3. The van der Waals surface area contributed by atoms with Crippen molar-refractivity contribution in [1.82, 2.24) is 9.97 Å². The van der Waals surface area contributed by atoms with Gasteiger partial charge in [0, 0.05) is 5.56 Å². The Balaban J connectivity index is 1.94. The number of aromatic hydroxyl groups is 1. The number of nitrogens with one attached hydrogen (secondary N) is 1. The molecule has 0 saturated heterocycles. The number of imidazole rings is 1. The maximum absolute atomic E-state index is 11.6. The molecular weight excluding hydrogens is 304 g/mol. The normalized spacial score (nSPS) is 11.2. The maximum Gasteiger partial charge on any atom is 0.188 e. The molecule has 5 nitrogen and oxygen atoms in total. The molecule has 0 aliphatic rings. The van der Waals surface area contributed by atoms with Crippen LogP contribution in [0.15, 0.2) is 54.6 Å². The van der Waals surface area contributed by atoms with Crippen molar-refractivity contribution in [2.45, 2.75) is 0 Å². The van der Waals surface area contributed by atoms with E-state index in [0.717, 1.165) is 10.8 Å². The van der Waals surface area contributed by atoms with E-state index >= 15 is 0 Å². The van der Waals surface area contributed by atoms with Gasteiger partial charge in [0.1, 0.15) is 18.2 Å². The highest BCUT2D eigenvalue weighted by Gasteiger charge is 2.14. The highest BCUT2D eigenvalue weighted by Crippen LogP contribution is 2.35. The van der Waals surface area contributed by atoms with Gasteiger partial charge in [-0.2, -0.15) is 0 Å². The van der Waals surface area contributed by atoms with Gasteiger partial charge >= 0.3 is 0 Å². The third-order valence-corrected chi connectivity index (χ3v) is 4.09. The van der Waals surface area contributed by atoms with Crippen molar-refractivity contribution in [1.29, 1.82) is 0 Å². The zero-order valence-corrected chi connectivity index (χ0v) is 12.7. The molecule has 0 aliphatic heterocycles. The van der Waals surface area contributed by atoms with E-state index in [1.807, 2.05) is 30.3 Å². The number of Topliss-reactive ketones (excluding diaryl/α,β-unsaturated/α-hetero) is 1. The molecule has 0 spiro atoms. The first kappa shape index (κ1) is 14.4. The van der Waals surface area contributed by atoms with Gasteiger partial charge < -0.3 is 15.2 Å². The van der Waals surface area contributed by atoms with E-state index in [1.165, 1.54) is 0 Å². The van der Waals surface area contributed by atoms with Crippen molar-refractivity contribution in [3.05, 3.63) is 60.2 Å². The van der Waals surface area contributed by atoms with E-state index in [0.29, 0.717) is 28.0 Å². The number of hydrogen-bond acceptors (Lipinski definition) is 4. The Kier molecular flexibility index (Phi) is 3.29. The number of phenols is 1. The second-order valence-corrected chi connectivity index (χ2v) is 5.58. The number of rotatable bonds is 3. The largest absolute Gasteiger partial charge is 0.507 e. The van der Waals surface area contributed by atoms with Crippen LogP contribution in [0, 0.1) is 0 Å². The minimum atomic E-state index is -0.531. The van der Waals surface area contributed by atoms with E-state index in [9.17, 15) is 9.90 Å². The highest BCUT2D eigenvalue weighted by atomic mass is 16.3. The minimum Gasteiger partial charge on any atom is -0.507 e. The van der Waals surface area contributed by atoms with Crippen LogP contribution in [-0.4, -0.2) is 32.6 Å². The molecule has 24 heavy (non-hydrogen) atoms. The van der Waals surface area contributed by atoms with Gasteiger partial charge in [0.15, 0.2) is 5.78 Å². The SMILES string of the molecule is O=C(CO)c1ccc2nc(-c3c(O)ccc4ccccc34)[nH]c2c1. The Morgan fingerprint density at radius 1 is 1.08 bits per heavy atom. The summed E-state index contributed by atoms with van der Waals surface area (Å²) < 4.78 is 0. The Bertz CT molecular complexity index is 1080. The lowest BCUT2D eigenvalue weighted by Gasteiger charge is -2.06. The van der Waals surface area contributed by atoms with Crippen molar-refractivity contribution < 1.29 is 15.0 Å². The lowest BCUT2D eigenvalue weighted by molar-refractivity contribution is 0.0904. The summed E-state index contributed by atoms with van der Waals surface area (Å²) in [6.45, 7) is -0.531. The molecule has 0 fully saturated rings. The molecule has 3 aromatic carbocycles. The van der Waals surface area contributed by atoms with Gasteiger partial charge in [-0.15, -0.1) is 0 Å². The molecule has 0 amide bonds. The maximum atomic E-state index is 11.6. The zero-order chi connectivity index (χ0) is 16.7. The van der Waals surface area contributed by atoms with E-state index < -0.39 is 6.61 Å². The molecule has 5 heteroatoms. The van der Waals surface area contributed by atoms with Crippen LogP contribution in [0.3, 0.4) is 0 Å². The van der Waals surface area contributed by atoms with Crippen LogP contribution < -0.4 is 0 Å². The highest BCUT2D eigenvalue weighted by molar-refractivity contribution is 6.01. The Morgan fingerprint density at radius 3 is 2.75 bits per heavy atom. The topological polar surface area (TPSA) is 86.2 Å². The number of aliphatic hydroxyl groups excluding tert-OH is 1. The Morgan fingerprint density at radius 2 is 1.92 bits per heavy atom. The molecule has 0 atom stereocenters. The summed E-state index contributed by atoms with van der Waals surface area (Å²) in [6, 6.07) is 16.3. The Labute approximate surface area is 137 Å². The number of carbonyl (C=O) groups excluding carboxylic acids is 1. The number of fused-ring (bicyclic) bond motifs is 2. The summed E-state index contributed by atoms with van der Waals surface area (Å²) in [5.74, 6) is 0.327. The second kappa shape index (κ2) is 5.47. The number of carbonyl (C=O) groups is 1. The van der Waals surface area contributed by atoms with Crippen LogP contribution in [0.5, 0.6) is 5.75 Å². The third-order valence-electron chi connectivity index (χ3n) is 4.09. The van der Waals surface area contributed by atoms with Crippen LogP contribution in [0.1, 0.15) is 10.4 Å². The molecule has 0 aliphatic carbocycles. The molecule has 0 radical (unpaired) electrons. The van der Waals surface area contributed by atoms with Gasteiger partial charge in [0.05, 0.1) is 16.6 Å². The number of ketones is 1. The van der Waals surface area contributed by atoms with Crippen molar-refractivity contribution >= 4 is 27.6 Å². The number of phenolic OH excluding ortho intramolecular Hbond substituents is 1. The van der Waals surface area contributed by atoms with Crippen LogP contribution >= 0.6 is 0 Å². The third kappa shape index (κ3) is 2.23. The van der Waals surface area contributed by atoms with E-state index in [2.05, 4.69) is 9.97 Å². The van der Waals surface area contributed by atoms with Gasteiger partial charge in [-0.1, -0.05) is 30.3 Å². The predicted octanol–water partition coefficient (Wildman–Crippen LogP) is 3.26. The minimum absolute atomic E-state index is 0.138. The fourth-order valence-electron chi connectivity index (χ4n) is 2.90. The van der Waals surface area contributed by atoms with Gasteiger partial charge in [-0.3, -0.25) is 4.79 Å². The van der Waals surface area contributed by atoms with Crippen LogP contribution in [0.4, 0.5) is 0 Å². The number of aromatic amines is 1. The van der Waals surface area contributed by atoms with Crippen LogP contribution in [-0.2, 0) is 0 Å². The lowest BCUT2D eigenvalue weighted by Crippen LogP contribution is -2.03. The molecule has 0 saturated carbocycles. The van der Waals surface area contributed by atoms with E-state index in [-0.39, 0.29) is 11.5 Å². The number of aromatic nitrogens is 2. The fourth-order valence-corrected chi connectivity index (χ4v) is 2.90. The quantitative estimate of drug-likeness (QED) is 0.506. The van der Waals surface area contributed by atoms with Crippen LogP contribution in [0.2, 0.25) is 0 Å². The average Bonchev–Trinajstić information content (AvgIpc) is 3.03. The van der Waals surface area contributed by atoms with E-state index in [1.54, 1.807) is 24.3 Å². The fraction of sp³-hybridized carbons (Fsp3) is 0.0526. The number of aliphatic hydroxyl groups is 1. The molecule has 1 heterocycles. The van der Waals surface area contributed by atoms with Crippen molar-refractivity contribution in [2.75, 3.05) is 6.61 Å². The number of benzene rings is 3. The van der Waals surface area contributed by atoms with Gasteiger partial charge in [0.25, 0.3) is 0 Å². The smallest absolute Gasteiger partial charge is 0.188 e. The molecular formula is C19H14N2O3. The molecule has 118 valence electrons. The van der Waals surface area contributed by atoms with Crippen molar-refractivity contribution in [3.8, 4) is 17.1 Å². The molecule has 0 bridgehead atoms. The predicted molar refractivity (Wildman–Crippen MR) is 92.1 cm³/mol. The summed E-state index contributed by atoms with van der Waals surface area (Å²) in [6.07, 6.45) is 0. The monoisotopic (exact) mass is 318 g/mol. The summed E-state index contributed by atoms with van der Waals surface area (Å²) in [5.41, 5.74) is 2.41. The lowest BCUT2D eigenvalue weighted by atomic mass is 10.0. The first-order valence-corrected chi connectivity index (χ1v) is 7.52. The van der Waals surface area contributed by atoms with Gasteiger partial charge in [-0.25, -0.2) is 4.98 Å². The first-order valence-electron chi connectivity index (χ1n) is 7.52. The summed E-state index contributed by atoms with van der Waals surface area (Å²) in [5, 5.41) is 21.2. The summed E-state index contributed by atoms with van der Waals surface area (Å²) in [4.78, 5) is 19.3. The van der Waals surface area contributed by atoms with Gasteiger partial charge in [-0.05, 0) is 35.0 Å². The summed E-state index contributed by atoms with van der Waals surface area (Å²) in [7, 11) is 0. The summed E-state index contributed by atoms with van der Waals surface area (Å²) >= 11 is 0. The second-order valence-electron chi connectivity index (χ2n) is 5.58. The molecule has 1 aromatic heterocycles. The average molecular weight is 318 g/mol. The van der Waals surface area contributed by atoms with Gasteiger partial charge in [0.2, 0.25) is 0 Å². The number of H-pyrrole nitrogens is 1. The number of nitrogens with zero attached hydrogens (tertiary/aromatic N) is 1. The molecule has 4 aromatic rings. The van der Waals surface area contributed by atoms with E-state index in [4.69, 9.17) is 5.11 Å².